The quantitative estimate of drug-likeness (QED) is 0.342. The van der Waals surface area contributed by atoms with E-state index in [1.54, 1.807) is 0 Å². The molecule has 1 aliphatic heterocycles. The van der Waals surface area contributed by atoms with Gasteiger partial charge in [-0.2, -0.15) is 0 Å². The fourth-order valence-electron chi connectivity index (χ4n) is 5.79. The SMILES string of the molecule is CC1=C[C@H](CCOCCc2ccccc2)[C@]2(C(=O)O)C(=O)N[C@@H](Cc3ccccc3)[C@@H]2[C@@H]1C. The van der Waals surface area contributed by atoms with Crippen LogP contribution in [0.25, 0.3) is 0 Å². The zero-order valence-electron chi connectivity index (χ0n) is 19.4. The normalized spacial score (nSPS) is 28.7. The molecule has 174 valence electrons. The van der Waals surface area contributed by atoms with Gasteiger partial charge in [-0.15, -0.1) is 0 Å². The Morgan fingerprint density at radius 1 is 1.03 bits per heavy atom. The maximum absolute atomic E-state index is 13.3. The molecule has 0 saturated carbocycles. The zero-order chi connectivity index (χ0) is 23.4. The van der Waals surface area contributed by atoms with Gasteiger partial charge in [0.05, 0.1) is 6.61 Å². The molecule has 5 atom stereocenters. The van der Waals surface area contributed by atoms with Crippen LogP contribution in [0.3, 0.4) is 0 Å². The Kier molecular flexibility index (Phi) is 6.99. The van der Waals surface area contributed by atoms with E-state index in [1.807, 2.05) is 54.6 Å². The van der Waals surface area contributed by atoms with Gasteiger partial charge in [0.2, 0.25) is 5.91 Å². The molecule has 0 unspecified atom stereocenters. The Morgan fingerprint density at radius 3 is 2.30 bits per heavy atom. The standard InChI is InChI=1S/C28H33NO4/c1-19-17-23(14-16-33-15-13-21-9-5-3-6-10-21)28(27(31)32)25(20(19)2)24(29-26(28)30)18-22-11-7-4-8-12-22/h3-12,17,20,23-25H,13-16,18H2,1-2H3,(H,29,30)(H,31,32)/t20-,23+,24+,25+,28-/m1/s1. The van der Waals surface area contributed by atoms with Crippen LogP contribution in [0.4, 0.5) is 0 Å². The number of allylic oxidation sites excluding steroid dienone is 2. The summed E-state index contributed by atoms with van der Waals surface area (Å²) in [6.45, 7) is 5.11. The first kappa shape index (κ1) is 23.2. The first-order valence-electron chi connectivity index (χ1n) is 11.8. The number of ether oxygens (including phenoxy) is 1. The van der Waals surface area contributed by atoms with E-state index < -0.39 is 17.3 Å². The number of nitrogens with one attached hydrogen (secondary N) is 1. The second kappa shape index (κ2) is 9.92. The van der Waals surface area contributed by atoms with E-state index in [1.165, 1.54) is 5.56 Å². The third kappa shape index (κ3) is 4.47. The maximum atomic E-state index is 13.3. The number of amides is 1. The van der Waals surface area contributed by atoms with Gasteiger partial charge in [-0.25, -0.2) is 0 Å². The number of aliphatic carboxylic acids is 1. The molecule has 1 aliphatic carbocycles. The highest BCUT2D eigenvalue weighted by Crippen LogP contribution is 2.54. The molecule has 0 aromatic heterocycles. The smallest absolute Gasteiger partial charge is 0.320 e. The summed E-state index contributed by atoms with van der Waals surface area (Å²) < 4.78 is 5.88. The van der Waals surface area contributed by atoms with Crippen molar-refractivity contribution in [2.24, 2.45) is 23.2 Å². The van der Waals surface area contributed by atoms with E-state index in [0.717, 1.165) is 17.6 Å². The summed E-state index contributed by atoms with van der Waals surface area (Å²) in [4.78, 5) is 26.1. The third-order valence-electron chi connectivity index (χ3n) is 7.56. The molecule has 1 amide bonds. The van der Waals surface area contributed by atoms with Crippen molar-refractivity contribution >= 4 is 11.9 Å². The van der Waals surface area contributed by atoms with Crippen LogP contribution in [0.2, 0.25) is 0 Å². The molecule has 4 rings (SSSR count). The van der Waals surface area contributed by atoms with Crippen molar-refractivity contribution in [1.82, 2.24) is 5.32 Å². The predicted octanol–water partition coefficient (Wildman–Crippen LogP) is 4.28. The summed E-state index contributed by atoms with van der Waals surface area (Å²) in [7, 11) is 0. The minimum absolute atomic E-state index is 0.00371. The van der Waals surface area contributed by atoms with Gasteiger partial charge in [0.25, 0.3) is 0 Å². The Bertz CT molecular complexity index is 1000. The van der Waals surface area contributed by atoms with Crippen molar-refractivity contribution in [3.8, 4) is 0 Å². The summed E-state index contributed by atoms with van der Waals surface area (Å²) in [5.41, 5.74) is 2.01. The molecule has 0 bridgehead atoms. The van der Waals surface area contributed by atoms with Gasteiger partial charge < -0.3 is 15.2 Å². The summed E-state index contributed by atoms with van der Waals surface area (Å²) in [6.07, 6.45) is 3.96. The summed E-state index contributed by atoms with van der Waals surface area (Å²) in [5.74, 6) is -2.07. The molecule has 2 N–H and O–H groups in total. The van der Waals surface area contributed by atoms with Crippen molar-refractivity contribution in [2.45, 2.75) is 39.2 Å². The van der Waals surface area contributed by atoms with Crippen molar-refractivity contribution in [3.63, 3.8) is 0 Å². The van der Waals surface area contributed by atoms with Gasteiger partial charge >= 0.3 is 5.97 Å². The van der Waals surface area contributed by atoms with E-state index in [4.69, 9.17) is 4.74 Å². The number of carboxylic acid groups (broad SMARTS) is 1. The number of carbonyl (C=O) groups is 2. The first-order chi connectivity index (χ1) is 15.9. The monoisotopic (exact) mass is 447 g/mol. The van der Waals surface area contributed by atoms with Crippen LogP contribution < -0.4 is 5.32 Å². The number of carbonyl (C=O) groups excluding carboxylic acids is 1. The highest BCUT2D eigenvalue weighted by atomic mass is 16.5. The van der Waals surface area contributed by atoms with E-state index in [0.29, 0.717) is 26.1 Å². The van der Waals surface area contributed by atoms with Crippen LogP contribution in [0, 0.1) is 23.2 Å². The van der Waals surface area contributed by atoms with Gasteiger partial charge in [-0.3, -0.25) is 9.59 Å². The van der Waals surface area contributed by atoms with Crippen molar-refractivity contribution in [1.29, 1.82) is 0 Å². The average molecular weight is 448 g/mol. The summed E-state index contributed by atoms with van der Waals surface area (Å²) >= 11 is 0. The lowest BCUT2D eigenvalue weighted by molar-refractivity contribution is -0.162. The largest absolute Gasteiger partial charge is 0.480 e. The number of carboxylic acids is 1. The molecule has 0 spiro atoms. The van der Waals surface area contributed by atoms with Crippen LogP contribution in [-0.2, 0) is 27.2 Å². The topological polar surface area (TPSA) is 75.6 Å². The van der Waals surface area contributed by atoms with Crippen LogP contribution in [0.1, 0.15) is 31.4 Å². The molecule has 33 heavy (non-hydrogen) atoms. The molecule has 2 aromatic rings. The third-order valence-corrected chi connectivity index (χ3v) is 7.56. The van der Waals surface area contributed by atoms with Crippen LogP contribution >= 0.6 is 0 Å². The number of hydrogen-bond acceptors (Lipinski definition) is 3. The highest BCUT2D eigenvalue weighted by Gasteiger charge is 2.66. The fraction of sp³-hybridized carbons (Fsp3) is 0.429. The maximum Gasteiger partial charge on any atom is 0.320 e. The lowest BCUT2D eigenvalue weighted by Crippen LogP contribution is -2.53. The predicted molar refractivity (Wildman–Crippen MR) is 128 cm³/mol. The fourth-order valence-corrected chi connectivity index (χ4v) is 5.79. The molecular formula is C28H33NO4. The Labute approximate surface area is 195 Å². The lowest BCUT2D eigenvalue weighted by atomic mass is 9.56. The van der Waals surface area contributed by atoms with E-state index in [9.17, 15) is 14.7 Å². The van der Waals surface area contributed by atoms with Crippen LogP contribution in [-0.4, -0.2) is 36.2 Å². The zero-order valence-corrected chi connectivity index (χ0v) is 19.4. The van der Waals surface area contributed by atoms with Crippen molar-refractivity contribution in [2.75, 3.05) is 13.2 Å². The van der Waals surface area contributed by atoms with Crippen LogP contribution in [0.5, 0.6) is 0 Å². The number of fused-ring (bicyclic) bond motifs is 1. The first-order valence-corrected chi connectivity index (χ1v) is 11.8. The molecule has 5 nitrogen and oxygen atoms in total. The highest BCUT2D eigenvalue weighted by molar-refractivity contribution is 6.05. The second-order valence-electron chi connectivity index (χ2n) is 9.41. The number of benzene rings is 2. The summed E-state index contributed by atoms with van der Waals surface area (Å²) in [5, 5.41) is 13.5. The van der Waals surface area contributed by atoms with Gasteiger partial charge in [0, 0.05) is 24.5 Å². The minimum Gasteiger partial charge on any atom is -0.480 e. The van der Waals surface area contributed by atoms with Crippen molar-refractivity contribution in [3.05, 3.63) is 83.4 Å². The molecule has 1 heterocycles. The van der Waals surface area contributed by atoms with E-state index in [2.05, 4.69) is 31.3 Å². The molecule has 1 saturated heterocycles. The number of rotatable bonds is 9. The second-order valence-corrected chi connectivity index (χ2v) is 9.41. The van der Waals surface area contributed by atoms with E-state index in [-0.39, 0.29) is 23.8 Å². The van der Waals surface area contributed by atoms with Gasteiger partial charge in [-0.05, 0) is 43.2 Å². The average Bonchev–Trinajstić information content (AvgIpc) is 3.11. The lowest BCUT2D eigenvalue weighted by Gasteiger charge is -2.43. The van der Waals surface area contributed by atoms with Gasteiger partial charge in [0.15, 0.2) is 5.41 Å². The van der Waals surface area contributed by atoms with Crippen LogP contribution in [0.15, 0.2) is 72.3 Å². The number of hydrogen-bond donors (Lipinski definition) is 2. The molecule has 2 aromatic carbocycles. The van der Waals surface area contributed by atoms with Gasteiger partial charge in [-0.1, -0.05) is 79.2 Å². The Morgan fingerprint density at radius 2 is 1.67 bits per heavy atom. The Hall–Kier alpha value is -2.92. The molecule has 0 radical (unpaired) electrons. The molecule has 2 aliphatic rings. The molecule has 5 heteroatoms. The van der Waals surface area contributed by atoms with E-state index >= 15 is 0 Å². The Balaban J connectivity index is 1.50. The van der Waals surface area contributed by atoms with Crippen molar-refractivity contribution < 1.29 is 19.4 Å². The summed E-state index contributed by atoms with van der Waals surface area (Å²) in [6, 6.07) is 19.9. The van der Waals surface area contributed by atoms with Gasteiger partial charge in [0.1, 0.15) is 0 Å². The minimum atomic E-state index is -1.46. The molecular weight excluding hydrogens is 414 g/mol. The molecule has 1 fully saturated rings.